The van der Waals surface area contributed by atoms with Crippen LogP contribution in [0, 0.1) is 11.6 Å². The van der Waals surface area contributed by atoms with Gasteiger partial charge in [-0.15, -0.1) is 0 Å². The summed E-state index contributed by atoms with van der Waals surface area (Å²) in [5.74, 6) is -1.45. The number of anilines is 2. The average Bonchev–Trinajstić information content (AvgIpc) is 3.52. The number of nitrogens with one attached hydrogen (secondary N) is 2. The quantitative estimate of drug-likeness (QED) is 0.322. The molecule has 5 rings (SSSR count). The number of benzene rings is 3. The van der Waals surface area contributed by atoms with E-state index in [1.807, 2.05) is 43.3 Å². The van der Waals surface area contributed by atoms with Gasteiger partial charge in [0.2, 0.25) is 0 Å². The molecule has 6 nitrogen and oxygen atoms in total. The van der Waals surface area contributed by atoms with Gasteiger partial charge in [0.05, 0.1) is 12.2 Å². The lowest BCUT2D eigenvalue weighted by Gasteiger charge is -2.32. The highest BCUT2D eigenvalue weighted by molar-refractivity contribution is 6.30. The molecule has 2 atom stereocenters. The molecule has 4 aromatic rings. The van der Waals surface area contributed by atoms with Crippen molar-refractivity contribution < 1.29 is 8.78 Å². The highest BCUT2D eigenvalue weighted by atomic mass is 35.5. The molecule has 35 heavy (non-hydrogen) atoms. The van der Waals surface area contributed by atoms with Gasteiger partial charge < -0.3 is 10.7 Å². The van der Waals surface area contributed by atoms with Crippen LogP contribution >= 0.6 is 11.6 Å². The SMILES string of the molecule is C[C@H]([C@@H](Cn1cncn1)c1ccc(F)cc1F)N1Cc2cc(NCc3ccc(Cl)cc3)ccc2N1. The largest absolute Gasteiger partial charge is 0.381 e. The van der Waals surface area contributed by atoms with Gasteiger partial charge in [-0.25, -0.2) is 18.8 Å². The molecule has 2 heterocycles. The molecular weight excluding hydrogens is 470 g/mol. The predicted molar refractivity (Wildman–Crippen MR) is 133 cm³/mol. The second-order valence-electron chi connectivity index (χ2n) is 8.72. The first kappa shape index (κ1) is 23.3. The van der Waals surface area contributed by atoms with Gasteiger partial charge in [0.25, 0.3) is 0 Å². The molecule has 1 aliphatic rings. The van der Waals surface area contributed by atoms with Crippen LogP contribution in [0.5, 0.6) is 0 Å². The topological polar surface area (TPSA) is 58.0 Å². The van der Waals surface area contributed by atoms with Gasteiger partial charge in [-0.1, -0.05) is 29.8 Å². The number of nitrogens with zero attached hydrogens (tertiary/aromatic N) is 4. The fourth-order valence-corrected chi connectivity index (χ4v) is 4.56. The van der Waals surface area contributed by atoms with Crippen molar-refractivity contribution in [1.29, 1.82) is 0 Å². The zero-order valence-corrected chi connectivity index (χ0v) is 19.9. The van der Waals surface area contributed by atoms with E-state index in [9.17, 15) is 8.78 Å². The average molecular weight is 495 g/mol. The van der Waals surface area contributed by atoms with Crippen LogP contribution in [0.25, 0.3) is 0 Å². The predicted octanol–water partition coefficient (Wildman–Crippen LogP) is 5.84. The Morgan fingerprint density at radius 1 is 1.09 bits per heavy atom. The Kier molecular flexibility index (Phi) is 6.66. The molecule has 0 radical (unpaired) electrons. The van der Waals surface area contributed by atoms with Crippen molar-refractivity contribution in [3.8, 4) is 0 Å². The molecule has 2 N–H and O–H groups in total. The van der Waals surface area contributed by atoms with Crippen molar-refractivity contribution in [3.05, 3.63) is 107 Å². The van der Waals surface area contributed by atoms with Crippen molar-refractivity contribution in [3.63, 3.8) is 0 Å². The third-order valence-electron chi connectivity index (χ3n) is 6.41. The van der Waals surface area contributed by atoms with E-state index in [-0.39, 0.29) is 12.0 Å². The van der Waals surface area contributed by atoms with Crippen LogP contribution in [0.15, 0.2) is 73.3 Å². The van der Waals surface area contributed by atoms with Gasteiger partial charge in [0, 0.05) is 41.8 Å². The molecule has 0 bridgehead atoms. The number of aromatic nitrogens is 3. The molecule has 9 heteroatoms. The van der Waals surface area contributed by atoms with E-state index in [2.05, 4.69) is 31.9 Å². The normalized spacial score (nSPS) is 14.9. The molecule has 0 amide bonds. The van der Waals surface area contributed by atoms with Crippen molar-refractivity contribution in [1.82, 2.24) is 19.8 Å². The summed E-state index contributed by atoms with van der Waals surface area (Å²) in [4.78, 5) is 4.00. The van der Waals surface area contributed by atoms with Crippen molar-refractivity contribution in [2.75, 3.05) is 10.7 Å². The third-order valence-corrected chi connectivity index (χ3v) is 6.66. The lowest BCUT2D eigenvalue weighted by Crippen LogP contribution is -2.39. The molecule has 0 aliphatic carbocycles. The summed E-state index contributed by atoms with van der Waals surface area (Å²) < 4.78 is 30.1. The first-order valence-electron chi connectivity index (χ1n) is 11.4. The molecule has 1 aliphatic heterocycles. The summed E-state index contributed by atoms with van der Waals surface area (Å²) in [7, 11) is 0. The van der Waals surface area contributed by atoms with Crippen LogP contribution in [0.4, 0.5) is 20.2 Å². The van der Waals surface area contributed by atoms with Crippen molar-refractivity contribution >= 4 is 23.0 Å². The van der Waals surface area contributed by atoms with E-state index in [0.717, 1.165) is 28.6 Å². The van der Waals surface area contributed by atoms with Crippen molar-refractivity contribution in [2.24, 2.45) is 0 Å². The zero-order valence-electron chi connectivity index (χ0n) is 19.1. The maximum absolute atomic E-state index is 14.8. The molecule has 0 spiro atoms. The fourth-order valence-electron chi connectivity index (χ4n) is 4.43. The highest BCUT2D eigenvalue weighted by Crippen LogP contribution is 2.34. The lowest BCUT2D eigenvalue weighted by atomic mass is 9.91. The first-order valence-corrected chi connectivity index (χ1v) is 11.8. The Morgan fingerprint density at radius 3 is 2.66 bits per heavy atom. The minimum Gasteiger partial charge on any atom is -0.381 e. The van der Waals surface area contributed by atoms with E-state index >= 15 is 0 Å². The Bertz CT molecular complexity index is 1300. The van der Waals surface area contributed by atoms with Crippen molar-refractivity contribution in [2.45, 2.75) is 38.5 Å². The molecule has 3 aromatic carbocycles. The summed E-state index contributed by atoms with van der Waals surface area (Å²) in [5, 5.41) is 10.4. The molecule has 0 fully saturated rings. The number of halogens is 3. The van der Waals surface area contributed by atoms with Gasteiger partial charge in [-0.3, -0.25) is 4.68 Å². The third kappa shape index (κ3) is 5.28. The van der Waals surface area contributed by atoms with Gasteiger partial charge in [0.1, 0.15) is 24.3 Å². The summed E-state index contributed by atoms with van der Waals surface area (Å²) in [6, 6.07) is 17.6. The van der Waals surface area contributed by atoms with Gasteiger partial charge in [-0.2, -0.15) is 5.10 Å². The monoisotopic (exact) mass is 494 g/mol. The van der Waals surface area contributed by atoms with Gasteiger partial charge >= 0.3 is 0 Å². The molecule has 0 unspecified atom stereocenters. The van der Waals surface area contributed by atoms with Gasteiger partial charge in [0.15, 0.2) is 0 Å². The Hall–Kier alpha value is -3.49. The summed E-state index contributed by atoms with van der Waals surface area (Å²) in [6.45, 7) is 3.77. The Balaban J connectivity index is 1.32. The highest BCUT2D eigenvalue weighted by Gasteiger charge is 2.31. The van der Waals surface area contributed by atoms with E-state index in [1.54, 1.807) is 11.0 Å². The lowest BCUT2D eigenvalue weighted by molar-refractivity contribution is 0.211. The molecule has 1 aromatic heterocycles. The number of hydrogen-bond acceptors (Lipinski definition) is 5. The first-order chi connectivity index (χ1) is 17.0. The summed E-state index contributed by atoms with van der Waals surface area (Å²) in [5.41, 5.74) is 8.19. The van der Waals surface area contributed by atoms with E-state index in [0.29, 0.717) is 30.2 Å². The Morgan fingerprint density at radius 2 is 1.91 bits per heavy atom. The second kappa shape index (κ2) is 10.0. The van der Waals surface area contributed by atoms with E-state index < -0.39 is 11.6 Å². The van der Waals surface area contributed by atoms with Crippen LogP contribution in [0.3, 0.4) is 0 Å². The number of fused-ring (bicyclic) bond motifs is 1. The standard InChI is InChI=1S/C26H25ClF2N6/c1-17(24(14-34-16-30-15-32-34)23-8-6-21(28)11-25(23)29)35-13-19-10-22(7-9-26(19)33-35)31-12-18-2-4-20(27)5-3-18/h2-11,15-17,24,31,33H,12-14H2,1H3/t17-,24-/m1/s1. The molecule has 180 valence electrons. The minimum atomic E-state index is -0.594. The maximum atomic E-state index is 14.8. The summed E-state index contributed by atoms with van der Waals surface area (Å²) in [6.07, 6.45) is 3.05. The molecule has 0 saturated heterocycles. The van der Waals surface area contributed by atoms with Crippen LogP contribution in [-0.4, -0.2) is 25.8 Å². The number of hydrazine groups is 1. The smallest absolute Gasteiger partial charge is 0.137 e. The molecular formula is C26H25ClF2N6. The number of hydrogen-bond donors (Lipinski definition) is 2. The summed E-state index contributed by atoms with van der Waals surface area (Å²) >= 11 is 5.97. The Labute approximate surface area is 207 Å². The van der Waals surface area contributed by atoms with E-state index in [4.69, 9.17) is 11.6 Å². The zero-order chi connectivity index (χ0) is 24.4. The van der Waals surface area contributed by atoms with Crippen LogP contribution < -0.4 is 10.7 Å². The fraction of sp³-hybridized carbons (Fsp3) is 0.231. The molecule has 0 saturated carbocycles. The van der Waals surface area contributed by atoms with Crippen LogP contribution in [0.1, 0.15) is 29.5 Å². The van der Waals surface area contributed by atoms with Crippen LogP contribution in [-0.2, 0) is 19.6 Å². The van der Waals surface area contributed by atoms with E-state index in [1.165, 1.54) is 18.5 Å². The number of rotatable bonds is 8. The maximum Gasteiger partial charge on any atom is 0.137 e. The van der Waals surface area contributed by atoms with Gasteiger partial charge in [-0.05, 0) is 60.0 Å². The minimum absolute atomic E-state index is 0.128. The van der Waals surface area contributed by atoms with Crippen LogP contribution in [0.2, 0.25) is 5.02 Å². The second-order valence-corrected chi connectivity index (χ2v) is 9.16.